The van der Waals surface area contributed by atoms with Gasteiger partial charge in [0, 0.05) is 45.6 Å². The van der Waals surface area contributed by atoms with Crippen molar-refractivity contribution in [1.29, 1.82) is 5.41 Å². The smallest absolute Gasteiger partial charge is 0.175 e. The second kappa shape index (κ2) is 4.02. The van der Waals surface area contributed by atoms with Crippen LogP contribution >= 0.6 is 0 Å². The van der Waals surface area contributed by atoms with Gasteiger partial charge in [-0.25, -0.2) is 4.98 Å². The quantitative estimate of drug-likeness (QED) is 0.520. The molecule has 0 aliphatic carbocycles. The number of piperazine rings is 1. The molecule has 82 valence electrons. The Hall–Kier alpha value is -1.36. The van der Waals surface area contributed by atoms with Crippen molar-refractivity contribution in [3.05, 3.63) is 18.2 Å². The van der Waals surface area contributed by atoms with Crippen molar-refractivity contribution >= 4 is 5.84 Å². The average Bonchev–Trinajstić information content (AvgIpc) is 2.65. The van der Waals surface area contributed by atoms with Crippen LogP contribution in [0.4, 0.5) is 0 Å². The molecule has 1 aliphatic rings. The first-order chi connectivity index (χ1) is 7.18. The fourth-order valence-electron chi connectivity index (χ4n) is 1.77. The molecule has 15 heavy (non-hydrogen) atoms. The van der Waals surface area contributed by atoms with Gasteiger partial charge in [-0.3, -0.25) is 5.41 Å². The number of aromatic nitrogens is 2. The maximum Gasteiger partial charge on any atom is 0.175 e. The Morgan fingerprint density at radius 3 is 2.47 bits per heavy atom. The van der Waals surface area contributed by atoms with Crippen molar-refractivity contribution < 1.29 is 0 Å². The second-order valence-corrected chi connectivity index (χ2v) is 4.00. The maximum absolute atomic E-state index is 8.07. The molecule has 0 unspecified atom stereocenters. The topological polar surface area (TPSA) is 48.1 Å². The highest BCUT2D eigenvalue weighted by Crippen LogP contribution is 2.05. The van der Waals surface area contributed by atoms with E-state index in [1.54, 1.807) is 6.20 Å². The molecule has 1 N–H and O–H groups in total. The number of likely N-dealkylation sites (N-methyl/N-ethyl adjacent to an activating group) is 1. The lowest BCUT2D eigenvalue weighted by molar-refractivity contribution is 0.214. The number of hydrogen-bond acceptors (Lipinski definition) is 3. The number of imidazole rings is 1. The summed E-state index contributed by atoms with van der Waals surface area (Å²) < 4.78 is 1.89. The fourth-order valence-corrected chi connectivity index (χ4v) is 1.77. The SMILES string of the molecule is CN1CCN(C(=N)c2nccn2C)CC1. The molecule has 0 atom stereocenters. The van der Waals surface area contributed by atoms with E-state index in [1.165, 1.54) is 0 Å². The van der Waals surface area contributed by atoms with Gasteiger partial charge in [-0.15, -0.1) is 0 Å². The van der Waals surface area contributed by atoms with E-state index in [2.05, 4.69) is 21.8 Å². The predicted molar refractivity (Wildman–Crippen MR) is 59.1 cm³/mol. The molecule has 0 aromatic carbocycles. The zero-order valence-corrected chi connectivity index (χ0v) is 9.27. The van der Waals surface area contributed by atoms with Gasteiger partial charge in [0.25, 0.3) is 0 Å². The van der Waals surface area contributed by atoms with E-state index in [1.807, 2.05) is 17.8 Å². The number of amidine groups is 1. The van der Waals surface area contributed by atoms with Crippen molar-refractivity contribution in [3.63, 3.8) is 0 Å². The zero-order chi connectivity index (χ0) is 10.8. The summed E-state index contributed by atoms with van der Waals surface area (Å²) in [6.45, 7) is 3.88. The van der Waals surface area contributed by atoms with E-state index in [0.29, 0.717) is 5.84 Å². The molecule has 1 aliphatic heterocycles. The van der Waals surface area contributed by atoms with Crippen LogP contribution in [0.2, 0.25) is 0 Å². The Bertz CT molecular complexity index is 348. The molecule has 0 saturated carbocycles. The monoisotopic (exact) mass is 207 g/mol. The van der Waals surface area contributed by atoms with Gasteiger partial charge in [-0.2, -0.15) is 0 Å². The van der Waals surface area contributed by atoms with E-state index in [9.17, 15) is 0 Å². The lowest BCUT2D eigenvalue weighted by Gasteiger charge is -2.33. The summed E-state index contributed by atoms with van der Waals surface area (Å²) in [5, 5.41) is 8.07. The number of hydrogen-bond donors (Lipinski definition) is 1. The molecule has 2 rings (SSSR count). The molecule has 2 heterocycles. The Labute approximate surface area is 89.8 Å². The van der Waals surface area contributed by atoms with Gasteiger partial charge in [0.1, 0.15) is 0 Å². The van der Waals surface area contributed by atoms with Crippen LogP contribution in [0.25, 0.3) is 0 Å². The molecule has 5 heteroatoms. The van der Waals surface area contributed by atoms with E-state index >= 15 is 0 Å². The molecule has 1 aromatic rings. The molecule has 1 saturated heterocycles. The Morgan fingerprint density at radius 1 is 1.27 bits per heavy atom. The summed E-state index contributed by atoms with van der Waals surface area (Å²) in [5.74, 6) is 1.29. The minimum Gasteiger partial charge on any atom is -0.351 e. The highest BCUT2D eigenvalue weighted by Gasteiger charge is 2.19. The van der Waals surface area contributed by atoms with Gasteiger partial charge < -0.3 is 14.4 Å². The summed E-state index contributed by atoms with van der Waals surface area (Å²) in [5.41, 5.74) is 0. The second-order valence-electron chi connectivity index (χ2n) is 4.00. The van der Waals surface area contributed by atoms with Crippen LogP contribution < -0.4 is 0 Å². The van der Waals surface area contributed by atoms with Gasteiger partial charge in [0.2, 0.25) is 0 Å². The van der Waals surface area contributed by atoms with Gasteiger partial charge in [0.05, 0.1) is 0 Å². The van der Waals surface area contributed by atoms with Crippen molar-refractivity contribution in [1.82, 2.24) is 19.4 Å². The van der Waals surface area contributed by atoms with Crippen molar-refractivity contribution in [3.8, 4) is 0 Å². The fraction of sp³-hybridized carbons (Fsp3) is 0.600. The minimum atomic E-state index is 0.538. The van der Waals surface area contributed by atoms with E-state index in [4.69, 9.17) is 5.41 Å². The van der Waals surface area contributed by atoms with Gasteiger partial charge in [-0.05, 0) is 7.05 Å². The van der Waals surface area contributed by atoms with Crippen LogP contribution in [0.15, 0.2) is 12.4 Å². The largest absolute Gasteiger partial charge is 0.351 e. The Balaban J connectivity index is 2.06. The van der Waals surface area contributed by atoms with Crippen LogP contribution in [0.3, 0.4) is 0 Å². The highest BCUT2D eigenvalue weighted by atomic mass is 15.3. The third kappa shape index (κ3) is 2.02. The lowest BCUT2D eigenvalue weighted by Crippen LogP contribution is -2.47. The van der Waals surface area contributed by atoms with E-state index < -0.39 is 0 Å². The van der Waals surface area contributed by atoms with Crippen LogP contribution in [-0.2, 0) is 7.05 Å². The standard InChI is InChI=1S/C10H17N5/c1-13-5-7-15(8-6-13)9(11)10-12-3-4-14(10)2/h3-4,11H,5-8H2,1-2H3. The van der Waals surface area contributed by atoms with Crippen LogP contribution in [-0.4, -0.2) is 58.4 Å². The first-order valence-electron chi connectivity index (χ1n) is 5.18. The molecular weight excluding hydrogens is 190 g/mol. The van der Waals surface area contributed by atoms with E-state index in [0.717, 1.165) is 32.0 Å². The summed E-state index contributed by atoms with van der Waals surface area (Å²) in [7, 11) is 4.04. The molecular formula is C10H17N5. The lowest BCUT2D eigenvalue weighted by atomic mass is 10.3. The zero-order valence-electron chi connectivity index (χ0n) is 9.27. The van der Waals surface area contributed by atoms with Crippen LogP contribution in [0.1, 0.15) is 5.82 Å². The normalized spacial score (nSPS) is 18.1. The first-order valence-corrected chi connectivity index (χ1v) is 5.18. The van der Waals surface area contributed by atoms with Crippen molar-refractivity contribution in [2.75, 3.05) is 33.2 Å². The van der Waals surface area contributed by atoms with Crippen LogP contribution in [0.5, 0.6) is 0 Å². The Morgan fingerprint density at radius 2 is 1.93 bits per heavy atom. The number of nitrogens with one attached hydrogen (secondary N) is 1. The molecule has 1 aromatic heterocycles. The molecule has 0 spiro atoms. The number of aryl methyl sites for hydroxylation is 1. The average molecular weight is 207 g/mol. The van der Waals surface area contributed by atoms with Crippen molar-refractivity contribution in [2.45, 2.75) is 0 Å². The van der Waals surface area contributed by atoms with Gasteiger partial charge in [-0.1, -0.05) is 0 Å². The summed E-state index contributed by atoms with van der Waals surface area (Å²) in [6, 6.07) is 0. The summed E-state index contributed by atoms with van der Waals surface area (Å²) in [6.07, 6.45) is 3.61. The molecule has 5 nitrogen and oxygen atoms in total. The third-order valence-electron chi connectivity index (χ3n) is 2.85. The first kappa shape index (κ1) is 10.2. The summed E-state index contributed by atoms with van der Waals surface area (Å²) >= 11 is 0. The molecule has 0 amide bonds. The van der Waals surface area contributed by atoms with Gasteiger partial charge in [0.15, 0.2) is 11.7 Å². The highest BCUT2D eigenvalue weighted by molar-refractivity contribution is 5.93. The van der Waals surface area contributed by atoms with Crippen LogP contribution in [0, 0.1) is 5.41 Å². The maximum atomic E-state index is 8.07. The van der Waals surface area contributed by atoms with E-state index in [-0.39, 0.29) is 0 Å². The number of nitrogens with zero attached hydrogens (tertiary/aromatic N) is 4. The summed E-state index contributed by atoms with van der Waals surface area (Å²) in [4.78, 5) is 8.56. The minimum absolute atomic E-state index is 0.538. The molecule has 1 fully saturated rings. The number of rotatable bonds is 1. The third-order valence-corrected chi connectivity index (χ3v) is 2.85. The molecule has 0 radical (unpaired) electrons. The Kier molecular flexibility index (Phi) is 2.73. The molecule has 0 bridgehead atoms. The van der Waals surface area contributed by atoms with Gasteiger partial charge >= 0.3 is 0 Å². The van der Waals surface area contributed by atoms with Crippen molar-refractivity contribution in [2.24, 2.45) is 7.05 Å². The predicted octanol–water partition coefficient (Wildman–Crippen LogP) is -0.00713.